The zero-order chi connectivity index (χ0) is 16.5. The first-order valence-electron chi connectivity index (χ1n) is 7.48. The highest BCUT2D eigenvalue weighted by molar-refractivity contribution is 8.00. The van der Waals surface area contributed by atoms with E-state index in [1.807, 2.05) is 24.3 Å². The Kier molecular flexibility index (Phi) is 7.22. The summed E-state index contributed by atoms with van der Waals surface area (Å²) in [5, 5.41) is 2.70. The minimum atomic E-state index is -0.418. The number of amides is 1. The third-order valence-corrected chi connectivity index (χ3v) is 4.32. The number of esters is 1. The molecule has 1 aromatic rings. The fourth-order valence-electron chi connectivity index (χ4n) is 2.09. The van der Waals surface area contributed by atoms with E-state index >= 15 is 0 Å². The minimum Gasteiger partial charge on any atom is -0.497 e. The van der Waals surface area contributed by atoms with Crippen molar-refractivity contribution in [3.05, 3.63) is 24.3 Å². The zero-order valence-electron chi connectivity index (χ0n) is 13.1. The molecule has 1 aromatic carbocycles. The van der Waals surface area contributed by atoms with Crippen LogP contribution in [0.15, 0.2) is 29.2 Å². The van der Waals surface area contributed by atoms with Crippen LogP contribution >= 0.6 is 11.8 Å². The molecule has 0 radical (unpaired) electrons. The molecule has 1 heterocycles. The summed E-state index contributed by atoms with van der Waals surface area (Å²) in [6.07, 6.45) is 2.07. The summed E-state index contributed by atoms with van der Waals surface area (Å²) < 4.78 is 15.4. The summed E-state index contributed by atoms with van der Waals surface area (Å²) >= 11 is 1.35. The largest absolute Gasteiger partial charge is 0.497 e. The lowest BCUT2D eigenvalue weighted by molar-refractivity contribution is -0.146. The average molecular weight is 339 g/mol. The lowest BCUT2D eigenvalue weighted by Crippen LogP contribution is -2.35. The molecule has 2 rings (SSSR count). The number of nitrogens with one attached hydrogen (secondary N) is 1. The summed E-state index contributed by atoms with van der Waals surface area (Å²) in [7, 11) is 1.60. The monoisotopic (exact) mass is 339 g/mol. The highest BCUT2D eigenvalue weighted by Gasteiger charge is 2.16. The Hall–Kier alpha value is -1.73. The maximum Gasteiger partial charge on any atom is 0.316 e. The van der Waals surface area contributed by atoms with Crippen molar-refractivity contribution in [3.63, 3.8) is 0 Å². The van der Waals surface area contributed by atoms with E-state index in [0.29, 0.717) is 6.54 Å². The van der Waals surface area contributed by atoms with Crippen molar-refractivity contribution in [2.24, 2.45) is 0 Å². The van der Waals surface area contributed by atoms with Gasteiger partial charge in [-0.05, 0) is 37.1 Å². The molecule has 0 bridgehead atoms. The summed E-state index contributed by atoms with van der Waals surface area (Å²) in [6.45, 7) is 0.962. The third kappa shape index (κ3) is 6.50. The van der Waals surface area contributed by atoms with E-state index in [1.165, 1.54) is 11.8 Å². The lowest BCUT2D eigenvalue weighted by Gasteiger charge is -2.11. The van der Waals surface area contributed by atoms with Gasteiger partial charge in [-0.25, -0.2) is 0 Å². The molecule has 0 unspecified atom stereocenters. The van der Waals surface area contributed by atoms with Gasteiger partial charge < -0.3 is 19.5 Å². The van der Waals surface area contributed by atoms with E-state index in [0.717, 1.165) is 30.1 Å². The number of carbonyl (C=O) groups is 2. The van der Waals surface area contributed by atoms with Gasteiger partial charge in [0.1, 0.15) is 5.75 Å². The molecule has 0 aromatic heterocycles. The van der Waals surface area contributed by atoms with E-state index in [9.17, 15) is 9.59 Å². The van der Waals surface area contributed by atoms with Crippen molar-refractivity contribution in [1.82, 2.24) is 5.32 Å². The van der Waals surface area contributed by atoms with Crippen LogP contribution in [0.1, 0.15) is 12.8 Å². The molecule has 7 heteroatoms. The Morgan fingerprint density at radius 3 is 2.78 bits per heavy atom. The van der Waals surface area contributed by atoms with Crippen LogP contribution in [0.5, 0.6) is 5.75 Å². The number of thioether (sulfide) groups is 1. The standard InChI is InChI=1S/C16H21NO5S/c1-20-12-4-6-14(7-5-12)23-11-16(19)22-10-15(18)17-9-13-3-2-8-21-13/h4-7,13H,2-3,8-11H2,1H3,(H,17,18)/t13-/m0/s1. The second-order valence-electron chi connectivity index (χ2n) is 5.06. The molecule has 6 nitrogen and oxygen atoms in total. The van der Waals surface area contributed by atoms with Gasteiger partial charge >= 0.3 is 5.97 Å². The molecule has 1 aliphatic heterocycles. The van der Waals surface area contributed by atoms with Crippen molar-refractivity contribution >= 4 is 23.6 Å². The Bertz CT molecular complexity index is 514. The normalized spacial score (nSPS) is 16.8. The van der Waals surface area contributed by atoms with E-state index < -0.39 is 5.97 Å². The molecule has 1 aliphatic rings. The summed E-state index contributed by atoms with van der Waals surface area (Å²) in [5.74, 6) is 0.201. The van der Waals surface area contributed by atoms with Crippen LogP contribution in [0.3, 0.4) is 0 Å². The number of benzene rings is 1. The fraction of sp³-hybridized carbons (Fsp3) is 0.500. The van der Waals surface area contributed by atoms with Crippen LogP contribution in [-0.4, -0.2) is 50.6 Å². The molecule has 0 saturated carbocycles. The van der Waals surface area contributed by atoms with Crippen molar-refractivity contribution in [2.45, 2.75) is 23.8 Å². The van der Waals surface area contributed by atoms with Gasteiger partial charge in [0, 0.05) is 18.0 Å². The van der Waals surface area contributed by atoms with Crippen molar-refractivity contribution in [1.29, 1.82) is 0 Å². The Balaban J connectivity index is 1.59. The van der Waals surface area contributed by atoms with E-state index in [2.05, 4.69) is 5.32 Å². The quantitative estimate of drug-likeness (QED) is 0.573. The van der Waals surface area contributed by atoms with Gasteiger partial charge in [-0.3, -0.25) is 9.59 Å². The second-order valence-corrected chi connectivity index (χ2v) is 6.11. The van der Waals surface area contributed by atoms with Crippen LogP contribution in [-0.2, 0) is 19.1 Å². The van der Waals surface area contributed by atoms with Gasteiger partial charge in [0.05, 0.1) is 19.0 Å². The lowest BCUT2D eigenvalue weighted by atomic mass is 10.2. The number of ether oxygens (including phenoxy) is 3. The fourth-order valence-corrected chi connectivity index (χ4v) is 2.78. The Morgan fingerprint density at radius 2 is 2.13 bits per heavy atom. The predicted molar refractivity (Wildman–Crippen MR) is 86.7 cm³/mol. The molecular weight excluding hydrogens is 318 g/mol. The van der Waals surface area contributed by atoms with Crippen molar-refractivity contribution in [3.8, 4) is 5.75 Å². The highest BCUT2D eigenvalue weighted by Crippen LogP contribution is 2.21. The molecule has 0 spiro atoms. The maximum atomic E-state index is 11.6. The van der Waals surface area contributed by atoms with Crippen LogP contribution in [0, 0.1) is 0 Å². The zero-order valence-corrected chi connectivity index (χ0v) is 13.9. The molecule has 1 saturated heterocycles. The van der Waals surface area contributed by atoms with Crippen molar-refractivity contribution in [2.75, 3.05) is 32.6 Å². The second kappa shape index (κ2) is 9.42. The molecule has 1 fully saturated rings. The van der Waals surface area contributed by atoms with Crippen LogP contribution in [0.25, 0.3) is 0 Å². The number of methoxy groups -OCH3 is 1. The molecule has 1 amide bonds. The van der Waals surface area contributed by atoms with E-state index in [4.69, 9.17) is 14.2 Å². The third-order valence-electron chi connectivity index (χ3n) is 3.33. The first-order chi connectivity index (χ1) is 11.2. The van der Waals surface area contributed by atoms with Gasteiger partial charge in [0.25, 0.3) is 5.91 Å². The maximum absolute atomic E-state index is 11.6. The van der Waals surface area contributed by atoms with Gasteiger partial charge in [0.2, 0.25) is 0 Å². The molecule has 23 heavy (non-hydrogen) atoms. The number of rotatable bonds is 8. The van der Waals surface area contributed by atoms with Gasteiger partial charge in [-0.15, -0.1) is 11.8 Å². The number of hydrogen-bond acceptors (Lipinski definition) is 6. The topological polar surface area (TPSA) is 73.9 Å². The molecule has 1 N–H and O–H groups in total. The number of carbonyl (C=O) groups excluding carboxylic acids is 2. The first kappa shape index (κ1) is 17.6. The predicted octanol–water partition coefficient (Wildman–Crippen LogP) is 1.63. The van der Waals surface area contributed by atoms with Gasteiger partial charge in [-0.1, -0.05) is 0 Å². The van der Waals surface area contributed by atoms with Gasteiger partial charge in [-0.2, -0.15) is 0 Å². The van der Waals surface area contributed by atoms with Crippen LogP contribution in [0.4, 0.5) is 0 Å². The number of hydrogen-bond donors (Lipinski definition) is 1. The summed E-state index contributed by atoms with van der Waals surface area (Å²) in [5.41, 5.74) is 0. The summed E-state index contributed by atoms with van der Waals surface area (Å²) in [4.78, 5) is 24.2. The smallest absolute Gasteiger partial charge is 0.316 e. The Morgan fingerprint density at radius 1 is 1.35 bits per heavy atom. The van der Waals surface area contributed by atoms with Gasteiger partial charge in [0.15, 0.2) is 6.61 Å². The molecular formula is C16H21NO5S. The SMILES string of the molecule is COc1ccc(SCC(=O)OCC(=O)NC[C@@H]2CCCO2)cc1. The van der Waals surface area contributed by atoms with E-state index in [-0.39, 0.29) is 24.4 Å². The Labute approximate surface area is 139 Å². The van der Waals surface area contributed by atoms with Crippen molar-refractivity contribution < 1.29 is 23.8 Å². The highest BCUT2D eigenvalue weighted by atomic mass is 32.2. The molecule has 126 valence electrons. The average Bonchev–Trinajstić information content (AvgIpc) is 3.10. The minimum absolute atomic E-state index is 0.0836. The molecule has 1 atom stereocenters. The molecule has 0 aliphatic carbocycles. The van der Waals surface area contributed by atoms with E-state index in [1.54, 1.807) is 7.11 Å². The van der Waals surface area contributed by atoms with Crippen LogP contribution < -0.4 is 10.1 Å². The van der Waals surface area contributed by atoms with Crippen LogP contribution in [0.2, 0.25) is 0 Å². The first-order valence-corrected chi connectivity index (χ1v) is 8.46. The summed E-state index contributed by atoms with van der Waals surface area (Å²) in [6, 6.07) is 7.38.